The van der Waals surface area contributed by atoms with E-state index in [-0.39, 0.29) is 39.8 Å². The summed E-state index contributed by atoms with van der Waals surface area (Å²) in [6.45, 7) is 3.79. The molecule has 1 amide bonds. The van der Waals surface area contributed by atoms with E-state index in [0.29, 0.717) is 26.3 Å². The molecule has 2 aliphatic heterocycles. The Morgan fingerprint density at radius 3 is 2.45 bits per heavy atom. The Labute approximate surface area is 181 Å². The highest BCUT2D eigenvalue weighted by Crippen LogP contribution is 2.28. The Morgan fingerprint density at radius 2 is 1.77 bits per heavy atom. The van der Waals surface area contributed by atoms with E-state index in [1.807, 2.05) is 0 Å². The van der Waals surface area contributed by atoms with E-state index in [2.05, 4.69) is 4.72 Å². The highest BCUT2D eigenvalue weighted by Gasteiger charge is 2.32. The van der Waals surface area contributed by atoms with Crippen molar-refractivity contribution in [3.8, 4) is 0 Å². The number of carbonyl (C=O) groups excluding carboxylic acids is 1. The number of hydrogen-bond acceptors (Lipinski definition) is 5. The smallest absolute Gasteiger partial charge is 0.261 e. The minimum atomic E-state index is -3.98. The molecule has 0 radical (unpaired) electrons. The summed E-state index contributed by atoms with van der Waals surface area (Å²) in [6.07, 6.45) is 1.33. The number of ether oxygens (including phenoxy) is 2. The molecule has 2 aromatic carbocycles. The Balaban J connectivity index is 1.49. The van der Waals surface area contributed by atoms with E-state index >= 15 is 0 Å². The molecule has 1 N–H and O–H groups in total. The lowest BCUT2D eigenvalue weighted by molar-refractivity contribution is -0.0956. The van der Waals surface area contributed by atoms with Gasteiger partial charge in [0.15, 0.2) is 6.29 Å². The molecule has 2 aliphatic rings. The molecule has 2 fully saturated rings. The van der Waals surface area contributed by atoms with Gasteiger partial charge in [0.25, 0.3) is 15.9 Å². The van der Waals surface area contributed by atoms with E-state index in [9.17, 15) is 17.6 Å². The second-order valence-corrected chi connectivity index (χ2v) is 9.48. The first-order valence-corrected chi connectivity index (χ1v) is 11.7. The fraction of sp³-hybridized carbons (Fsp3) is 0.409. The van der Waals surface area contributed by atoms with Crippen molar-refractivity contribution in [2.45, 2.75) is 31.0 Å². The van der Waals surface area contributed by atoms with E-state index in [1.165, 1.54) is 19.1 Å². The molecular weight excluding hydrogens is 423 g/mol. The molecule has 0 spiro atoms. The molecule has 0 bridgehead atoms. The summed E-state index contributed by atoms with van der Waals surface area (Å²) in [5.74, 6) is -0.464. The van der Waals surface area contributed by atoms with E-state index in [4.69, 9.17) is 9.47 Å². The van der Waals surface area contributed by atoms with Crippen molar-refractivity contribution >= 4 is 21.6 Å². The molecule has 0 atom stereocenters. The van der Waals surface area contributed by atoms with Crippen molar-refractivity contribution in [2.24, 2.45) is 5.92 Å². The number of nitrogens with one attached hydrogen (secondary N) is 1. The van der Waals surface area contributed by atoms with Gasteiger partial charge in [-0.1, -0.05) is 12.1 Å². The molecule has 2 aromatic rings. The zero-order valence-electron chi connectivity index (χ0n) is 17.2. The first-order chi connectivity index (χ1) is 14.8. The molecule has 2 heterocycles. The summed E-state index contributed by atoms with van der Waals surface area (Å²) in [5, 5.41) is 0. The maximum atomic E-state index is 13.5. The molecule has 0 aliphatic carbocycles. The molecule has 2 saturated heterocycles. The predicted octanol–water partition coefficient (Wildman–Crippen LogP) is 3.16. The number of rotatable bonds is 5. The van der Waals surface area contributed by atoms with Crippen LogP contribution in [0.5, 0.6) is 0 Å². The van der Waals surface area contributed by atoms with Crippen LogP contribution in [0.15, 0.2) is 47.4 Å². The second kappa shape index (κ2) is 8.94. The lowest BCUT2D eigenvalue weighted by Crippen LogP contribution is -2.41. The number of benzene rings is 2. The Morgan fingerprint density at radius 1 is 1.10 bits per heavy atom. The summed E-state index contributed by atoms with van der Waals surface area (Å²) >= 11 is 0. The first-order valence-electron chi connectivity index (χ1n) is 10.3. The number of likely N-dealkylation sites (tertiary alicyclic amines) is 1. The van der Waals surface area contributed by atoms with Gasteiger partial charge in [0.2, 0.25) is 0 Å². The van der Waals surface area contributed by atoms with Crippen LogP contribution in [0, 0.1) is 18.7 Å². The van der Waals surface area contributed by atoms with Gasteiger partial charge in [0.1, 0.15) is 5.82 Å². The van der Waals surface area contributed by atoms with Crippen LogP contribution in [0.1, 0.15) is 28.8 Å². The Kier molecular flexibility index (Phi) is 6.27. The van der Waals surface area contributed by atoms with Crippen LogP contribution in [-0.2, 0) is 19.5 Å². The van der Waals surface area contributed by atoms with Crippen LogP contribution in [-0.4, -0.2) is 51.8 Å². The summed E-state index contributed by atoms with van der Waals surface area (Å²) in [6, 6.07) is 10.1. The van der Waals surface area contributed by atoms with Crippen molar-refractivity contribution in [3.63, 3.8) is 0 Å². The third-order valence-electron chi connectivity index (χ3n) is 5.70. The third kappa shape index (κ3) is 4.73. The Hall–Kier alpha value is -2.49. The van der Waals surface area contributed by atoms with Crippen molar-refractivity contribution in [1.82, 2.24) is 4.90 Å². The molecular formula is C22H25FN2O5S. The first kappa shape index (κ1) is 21.7. The maximum absolute atomic E-state index is 13.5. The van der Waals surface area contributed by atoms with Gasteiger partial charge in [0, 0.05) is 19.0 Å². The van der Waals surface area contributed by atoms with Crippen molar-refractivity contribution in [2.75, 3.05) is 31.0 Å². The summed E-state index contributed by atoms with van der Waals surface area (Å²) < 4.78 is 52.8. The van der Waals surface area contributed by atoms with E-state index in [0.717, 1.165) is 18.9 Å². The summed E-state index contributed by atoms with van der Waals surface area (Å²) in [5.41, 5.74) is 0.695. The number of aryl methyl sites for hydroxylation is 1. The highest BCUT2D eigenvalue weighted by molar-refractivity contribution is 7.92. The minimum Gasteiger partial charge on any atom is -0.350 e. The zero-order chi connectivity index (χ0) is 22.0. The van der Waals surface area contributed by atoms with Crippen LogP contribution in [0.2, 0.25) is 0 Å². The SMILES string of the molecule is Cc1cc(S(=O)(=O)Nc2ccccc2C(=O)N2CCC(C3OCCO3)CC2)ccc1F. The van der Waals surface area contributed by atoms with Gasteiger partial charge in [0.05, 0.1) is 29.4 Å². The molecule has 4 rings (SSSR count). The van der Waals surface area contributed by atoms with Crippen molar-refractivity contribution in [3.05, 3.63) is 59.4 Å². The number of piperidine rings is 1. The lowest BCUT2D eigenvalue weighted by Gasteiger charge is -2.34. The quantitative estimate of drug-likeness (QED) is 0.760. The number of hydrogen-bond donors (Lipinski definition) is 1. The van der Waals surface area contributed by atoms with Gasteiger partial charge in [-0.2, -0.15) is 0 Å². The topological polar surface area (TPSA) is 84.9 Å². The third-order valence-corrected chi connectivity index (χ3v) is 7.06. The molecule has 166 valence electrons. The Bertz CT molecular complexity index is 1060. The van der Waals surface area contributed by atoms with E-state index in [1.54, 1.807) is 29.2 Å². The van der Waals surface area contributed by atoms with Gasteiger partial charge in [-0.05, 0) is 55.7 Å². The monoisotopic (exact) mass is 448 g/mol. The molecule has 0 unspecified atom stereocenters. The van der Waals surface area contributed by atoms with Crippen LogP contribution >= 0.6 is 0 Å². The number of anilines is 1. The van der Waals surface area contributed by atoms with Gasteiger partial charge in [-0.3, -0.25) is 9.52 Å². The van der Waals surface area contributed by atoms with Crippen LogP contribution in [0.3, 0.4) is 0 Å². The van der Waals surface area contributed by atoms with E-state index < -0.39 is 15.8 Å². The lowest BCUT2D eigenvalue weighted by atomic mass is 9.95. The maximum Gasteiger partial charge on any atom is 0.261 e. The van der Waals surface area contributed by atoms with Crippen LogP contribution in [0.4, 0.5) is 10.1 Å². The molecule has 31 heavy (non-hydrogen) atoms. The predicted molar refractivity (Wildman–Crippen MR) is 113 cm³/mol. The fourth-order valence-electron chi connectivity index (χ4n) is 3.94. The second-order valence-electron chi connectivity index (χ2n) is 7.80. The van der Waals surface area contributed by atoms with Crippen LogP contribution < -0.4 is 4.72 Å². The number of halogens is 1. The molecule has 9 heteroatoms. The minimum absolute atomic E-state index is 0.0639. The van der Waals surface area contributed by atoms with Crippen LogP contribution in [0.25, 0.3) is 0 Å². The molecule has 7 nitrogen and oxygen atoms in total. The normalized spacial score (nSPS) is 18.3. The van der Waals surface area contributed by atoms with Gasteiger partial charge in [-0.15, -0.1) is 0 Å². The zero-order valence-corrected chi connectivity index (χ0v) is 18.0. The number of carbonyl (C=O) groups is 1. The van der Waals surface area contributed by atoms with Gasteiger partial charge < -0.3 is 14.4 Å². The molecule has 0 saturated carbocycles. The molecule has 0 aromatic heterocycles. The number of nitrogens with zero attached hydrogens (tertiary/aromatic N) is 1. The highest BCUT2D eigenvalue weighted by atomic mass is 32.2. The average molecular weight is 449 g/mol. The summed E-state index contributed by atoms with van der Waals surface area (Å²) in [7, 11) is -3.98. The van der Waals surface area contributed by atoms with Crippen molar-refractivity contribution in [1.29, 1.82) is 0 Å². The number of sulfonamides is 1. The number of para-hydroxylation sites is 1. The number of amides is 1. The standard InChI is InChI=1S/C22H25FN2O5S/c1-15-14-17(6-7-19(15)23)31(27,28)24-20-5-3-2-4-18(20)21(26)25-10-8-16(9-11-25)22-29-12-13-30-22/h2-7,14,16,22,24H,8-13H2,1H3. The fourth-order valence-corrected chi connectivity index (χ4v) is 5.10. The average Bonchev–Trinajstić information content (AvgIpc) is 3.30. The van der Waals surface area contributed by atoms with Gasteiger partial charge in [-0.25, -0.2) is 12.8 Å². The summed E-state index contributed by atoms with van der Waals surface area (Å²) in [4.78, 5) is 14.8. The van der Waals surface area contributed by atoms with Gasteiger partial charge >= 0.3 is 0 Å². The largest absolute Gasteiger partial charge is 0.350 e. The van der Waals surface area contributed by atoms with Crippen molar-refractivity contribution < 1.29 is 27.1 Å².